The zero-order valence-electron chi connectivity index (χ0n) is 15.0. The van der Waals surface area contributed by atoms with E-state index < -0.39 is 0 Å². The smallest absolute Gasteiger partial charge is 0.306 e. The lowest BCUT2D eigenvalue weighted by Crippen LogP contribution is -2.59. The number of rotatable bonds is 4. The highest BCUT2D eigenvalue weighted by molar-refractivity contribution is 5.87. The molecule has 0 saturated carbocycles. The third-order valence-electron chi connectivity index (χ3n) is 5.40. The average Bonchev–Trinajstić information content (AvgIpc) is 3.21. The second-order valence-corrected chi connectivity index (χ2v) is 7.25. The van der Waals surface area contributed by atoms with Crippen LogP contribution in [0.3, 0.4) is 0 Å². The van der Waals surface area contributed by atoms with Gasteiger partial charge < -0.3 is 15.4 Å². The van der Waals surface area contributed by atoms with Crippen LogP contribution in [0, 0.1) is 12.3 Å². The number of nitrogens with one attached hydrogen (secondary N) is 2. The molecular formula is C19H20N6O2. The Bertz CT molecular complexity index is 1010. The Morgan fingerprint density at radius 3 is 2.85 bits per heavy atom. The Morgan fingerprint density at radius 1 is 1.30 bits per heavy atom. The molecule has 27 heavy (non-hydrogen) atoms. The Hall–Kier alpha value is -3.00. The van der Waals surface area contributed by atoms with Gasteiger partial charge in [0.15, 0.2) is 5.65 Å². The summed E-state index contributed by atoms with van der Waals surface area (Å²) < 4.78 is 7.36. The van der Waals surface area contributed by atoms with E-state index in [0.29, 0.717) is 24.6 Å². The third-order valence-corrected chi connectivity index (χ3v) is 5.40. The molecule has 1 aromatic carbocycles. The Balaban J connectivity index is 1.45. The van der Waals surface area contributed by atoms with Crippen LogP contribution in [-0.2, 0) is 9.53 Å². The van der Waals surface area contributed by atoms with E-state index in [0.717, 1.165) is 29.8 Å². The van der Waals surface area contributed by atoms with Crippen LogP contribution < -0.4 is 10.6 Å². The van der Waals surface area contributed by atoms with Crippen molar-refractivity contribution in [2.75, 3.05) is 25.0 Å². The largest absolute Gasteiger partial charge is 0.460 e. The van der Waals surface area contributed by atoms with E-state index in [4.69, 9.17) is 4.74 Å². The lowest BCUT2D eigenvalue weighted by molar-refractivity contribution is -0.141. The standard InChI is InChI=1S/C19H20N6O2/c1-12-23-17(21-9-15-19(10-20-11-19)7-16(26)27-15)14-8-22-25(18(14)24-12)13-5-3-2-4-6-13/h2-6,8,15,20H,7,9-11H2,1H3,(H,21,23,24). The summed E-state index contributed by atoms with van der Waals surface area (Å²) in [5, 5.41) is 12.0. The van der Waals surface area contributed by atoms with Gasteiger partial charge in [-0.25, -0.2) is 14.6 Å². The van der Waals surface area contributed by atoms with Crippen molar-refractivity contribution in [3.8, 4) is 5.69 Å². The summed E-state index contributed by atoms with van der Waals surface area (Å²) in [6, 6.07) is 9.88. The van der Waals surface area contributed by atoms with E-state index in [1.165, 1.54) is 0 Å². The first-order valence-electron chi connectivity index (χ1n) is 9.06. The summed E-state index contributed by atoms with van der Waals surface area (Å²) >= 11 is 0. The topological polar surface area (TPSA) is 94.0 Å². The van der Waals surface area contributed by atoms with Gasteiger partial charge in [-0.2, -0.15) is 5.10 Å². The summed E-state index contributed by atoms with van der Waals surface area (Å²) in [6.45, 7) is 4.01. The molecule has 2 N–H and O–H groups in total. The summed E-state index contributed by atoms with van der Waals surface area (Å²) in [6.07, 6.45) is 2.10. The summed E-state index contributed by atoms with van der Waals surface area (Å²) in [7, 11) is 0. The molecule has 0 bridgehead atoms. The van der Waals surface area contributed by atoms with Crippen molar-refractivity contribution in [2.24, 2.45) is 5.41 Å². The number of esters is 1. The van der Waals surface area contributed by atoms with E-state index in [-0.39, 0.29) is 17.5 Å². The fraction of sp³-hybridized carbons (Fsp3) is 0.368. The summed E-state index contributed by atoms with van der Waals surface area (Å²) in [5.74, 6) is 1.25. The molecule has 2 fully saturated rings. The lowest BCUT2D eigenvalue weighted by atomic mass is 9.75. The van der Waals surface area contributed by atoms with Gasteiger partial charge in [-0.3, -0.25) is 4.79 Å². The number of hydrogen-bond acceptors (Lipinski definition) is 7. The average molecular weight is 364 g/mol. The number of anilines is 1. The van der Waals surface area contributed by atoms with Crippen molar-refractivity contribution in [3.05, 3.63) is 42.4 Å². The van der Waals surface area contributed by atoms with Crippen LogP contribution in [0.5, 0.6) is 0 Å². The molecule has 0 aliphatic carbocycles. The fourth-order valence-electron chi connectivity index (χ4n) is 3.88. The monoisotopic (exact) mass is 364 g/mol. The van der Waals surface area contributed by atoms with E-state index in [2.05, 4.69) is 25.7 Å². The number of nitrogens with zero attached hydrogens (tertiary/aromatic N) is 4. The van der Waals surface area contributed by atoms with Crippen molar-refractivity contribution in [1.29, 1.82) is 0 Å². The van der Waals surface area contributed by atoms with Gasteiger partial charge in [-0.15, -0.1) is 0 Å². The molecule has 1 atom stereocenters. The van der Waals surface area contributed by atoms with E-state index in [1.807, 2.05) is 41.9 Å². The molecule has 8 nitrogen and oxygen atoms in total. The molecule has 3 aromatic rings. The van der Waals surface area contributed by atoms with Gasteiger partial charge in [-0.1, -0.05) is 18.2 Å². The van der Waals surface area contributed by atoms with E-state index in [9.17, 15) is 4.79 Å². The Labute approximate surface area is 155 Å². The molecule has 0 amide bonds. The number of fused-ring (bicyclic) bond motifs is 1. The van der Waals surface area contributed by atoms with Gasteiger partial charge in [-0.05, 0) is 19.1 Å². The van der Waals surface area contributed by atoms with Crippen molar-refractivity contribution in [2.45, 2.75) is 19.4 Å². The molecule has 2 saturated heterocycles. The Morgan fingerprint density at radius 2 is 2.11 bits per heavy atom. The predicted molar refractivity (Wildman–Crippen MR) is 99.7 cm³/mol. The SMILES string of the molecule is Cc1nc(NCC2OC(=O)CC23CNC3)c2cnn(-c3ccccc3)c2n1. The van der Waals surface area contributed by atoms with Crippen molar-refractivity contribution < 1.29 is 9.53 Å². The molecule has 4 heterocycles. The molecule has 8 heteroatoms. The highest BCUT2D eigenvalue weighted by Crippen LogP contribution is 2.39. The molecule has 2 aliphatic rings. The summed E-state index contributed by atoms with van der Waals surface area (Å²) in [5.41, 5.74) is 1.61. The highest BCUT2D eigenvalue weighted by atomic mass is 16.6. The maximum Gasteiger partial charge on any atom is 0.306 e. The number of cyclic esters (lactones) is 1. The van der Waals surface area contributed by atoms with Crippen LogP contribution in [0.4, 0.5) is 5.82 Å². The molecule has 2 aliphatic heterocycles. The molecular weight excluding hydrogens is 344 g/mol. The zero-order valence-corrected chi connectivity index (χ0v) is 15.0. The van der Waals surface area contributed by atoms with Crippen LogP contribution >= 0.6 is 0 Å². The van der Waals surface area contributed by atoms with Crippen molar-refractivity contribution in [3.63, 3.8) is 0 Å². The molecule has 2 aromatic heterocycles. The quantitative estimate of drug-likeness (QED) is 0.677. The first-order valence-corrected chi connectivity index (χ1v) is 9.06. The lowest BCUT2D eigenvalue weighted by Gasteiger charge is -2.41. The van der Waals surface area contributed by atoms with Crippen LogP contribution in [0.15, 0.2) is 36.5 Å². The van der Waals surface area contributed by atoms with Gasteiger partial charge in [0.25, 0.3) is 0 Å². The molecule has 1 unspecified atom stereocenters. The van der Waals surface area contributed by atoms with Gasteiger partial charge in [0, 0.05) is 18.5 Å². The van der Waals surface area contributed by atoms with E-state index >= 15 is 0 Å². The number of para-hydroxylation sites is 1. The molecule has 0 radical (unpaired) electrons. The second kappa shape index (κ2) is 6.02. The molecule has 138 valence electrons. The number of benzene rings is 1. The Kier molecular flexibility index (Phi) is 3.61. The first kappa shape index (κ1) is 16.2. The highest BCUT2D eigenvalue weighted by Gasteiger charge is 2.52. The minimum Gasteiger partial charge on any atom is -0.460 e. The number of carbonyl (C=O) groups is 1. The van der Waals surface area contributed by atoms with E-state index in [1.54, 1.807) is 6.20 Å². The third kappa shape index (κ3) is 2.64. The number of aryl methyl sites for hydroxylation is 1. The van der Waals surface area contributed by atoms with Gasteiger partial charge in [0.2, 0.25) is 0 Å². The van der Waals surface area contributed by atoms with Crippen molar-refractivity contribution >= 4 is 22.8 Å². The minimum atomic E-state index is -0.152. The number of hydrogen-bond donors (Lipinski definition) is 2. The van der Waals surface area contributed by atoms with Gasteiger partial charge in [0.05, 0.1) is 30.2 Å². The maximum absolute atomic E-state index is 11.8. The number of ether oxygens (including phenoxy) is 1. The molecule has 5 rings (SSSR count). The van der Waals surface area contributed by atoms with Gasteiger partial charge >= 0.3 is 5.97 Å². The minimum absolute atomic E-state index is 0.0838. The van der Waals surface area contributed by atoms with Crippen LogP contribution in [0.25, 0.3) is 16.7 Å². The van der Waals surface area contributed by atoms with Crippen LogP contribution in [-0.4, -0.2) is 51.5 Å². The summed E-state index contributed by atoms with van der Waals surface area (Å²) in [4.78, 5) is 20.9. The molecule has 1 spiro atoms. The fourth-order valence-corrected chi connectivity index (χ4v) is 3.88. The zero-order chi connectivity index (χ0) is 18.4. The van der Waals surface area contributed by atoms with Crippen molar-refractivity contribution in [1.82, 2.24) is 25.1 Å². The second-order valence-electron chi connectivity index (χ2n) is 7.25. The normalized spacial score (nSPS) is 20.6. The first-order chi connectivity index (χ1) is 13.1. The van der Waals surface area contributed by atoms with Gasteiger partial charge in [0.1, 0.15) is 17.7 Å². The number of carbonyl (C=O) groups excluding carboxylic acids is 1. The number of aromatic nitrogens is 4. The van der Waals surface area contributed by atoms with Crippen LogP contribution in [0.1, 0.15) is 12.2 Å². The maximum atomic E-state index is 11.8. The van der Waals surface area contributed by atoms with Crippen LogP contribution in [0.2, 0.25) is 0 Å². The predicted octanol–water partition coefficient (Wildman–Crippen LogP) is 1.44.